The lowest BCUT2D eigenvalue weighted by Gasteiger charge is -2.49. The summed E-state index contributed by atoms with van der Waals surface area (Å²) in [6.07, 6.45) is 4.02. The standard InChI is InChI=1S/C23H31FN4O3S/c1-22(2)13-16(14-23(3,4)27-22)28(5)21-8-7-19(25-26-21)17-12-18(24)15(11-20(17)29)9-10-32(6,30)31/h7-12,16,27,29H,13-14H2,1-6H3. The Morgan fingerprint density at radius 3 is 2.31 bits per heavy atom. The number of benzene rings is 1. The van der Waals surface area contributed by atoms with Crippen LogP contribution in [-0.2, 0) is 9.84 Å². The topological polar surface area (TPSA) is 95.4 Å². The van der Waals surface area contributed by atoms with Crippen LogP contribution >= 0.6 is 0 Å². The lowest BCUT2D eigenvalue weighted by atomic mass is 9.79. The van der Waals surface area contributed by atoms with E-state index in [2.05, 4.69) is 48.1 Å². The van der Waals surface area contributed by atoms with Crippen LogP contribution in [0.1, 0.15) is 46.1 Å². The molecule has 9 heteroatoms. The molecule has 0 saturated carbocycles. The van der Waals surface area contributed by atoms with E-state index in [-0.39, 0.29) is 34.0 Å². The number of nitrogens with zero attached hydrogens (tertiary/aromatic N) is 3. The summed E-state index contributed by atoms with van der Waals surface area (Å²) in [6.45, 7) is 8.76. The van der Waals surface area contributed by atoms with Crippen LogP contribution < -0.4 is 10.2 Å². The minimum atomic E-state index is -3.41. The molecule has 2 heterocycles. The van der Waals surface area contributed by atoms with Crippen LogP contribution in [0.3, 0.4) is 0 Å². The number of rotatable bonds is 5. The van der Waals surface area contributed by atoms with Crippen LogP contribution in [0.2, 0.25) is 0 Å². The second-order valence-electron chi connectivity index (χ2n) is 9.87. The molecule has 32 heavy (non-hydrogen) atoms. The molecule has 0 atom stereocenters. The molecule has 0 aliphatic carbocycles. The molecule has 0 radical (unpaired) electrons. The summed E-state index contributed by atoms with van der Waals surface area (Å²) in [7, 11) is -1.42. The summed E-state index contributed by atoms with van der Waals surface area (Å²) in [5, 5.41) is 23.4. The Kier molecular flexibility index (Phi) is 6.36. The van der Waals surface area contributed by atoms with Crippen molar-refractivity contribution in [1.29, 1.82) is 0 Å². The molecule has 0 unspecified atom stereocenters. The summed E-state index contributed by atoms with van der Waals surface area (Å²) >= 11 is 0. The number of sulfone groups is 1. The number of hydrogen-bond acceptors (Lipinski definition) is 7. The molecule has 3 rings (SSSR count). The number of hydrogen-bond donors (Lipinski definition) is 2. The van der Waals surface area contributed by atoms with Gasteiger partial charge < -0.3 is 15.3 Å². The summed E-state index contributed by atoms with van der Waals surface area (Å²) < 4.78 is 37.0. The number of aromatic hydroxyl groups is 1. The molecule has 0 spiro atoms. The predicted octanol–water partition coefficient (Wildman–Crippen LogP) is 3.75. The molecular weight excluding hydrogens is 431 g/mol. The first-order chi connectivity index (χ1) is 14.7. The van der Waals surface area contributed by atoms with Crippen molar-refractivity contribution >= 4 is 21.7 Å². The molecule has 1 fully saturated rings. The largest absolute Gasteiger partial charge is 0.507 e. The fraction of sp³-hybridized carbons (Fsp3) is 0.478. The lowest BCUT2D eigenvalue weighted by Crippen LogP contribution is -2.62. The van der Waals surface area contributed by atoms with E-state index in [9.17, 15) is 17.9 Å². The monoisotopic (exact) mass is 462 g/mol. The third-order valence-electron chi connectivity index (χ3n) is 5.61. The molecule has 2 aromatic rings. The minimum absolute atomic E-state index is 0.00926. The highest BCUT2D eigenvalue weighted by Gasteiger charge is 2.39. The molecule has 2 N–H and O–H groups in total. The van der Waals surface area contributed by atoms with Crippen LogP contribution in [0.5, 0.6) is 5.75 Å². The van der Waals surface area contributed by atoms with E-state index in [0.29, 0.717) is 11.5 Å². The van der Waals surface area contributed by atoms with Crippen molar-refractivity contribution in [2.75, 3.05) is 18.2 Å². The fourth-order valence-electron chi connectivity index (χ4n) is 4.49. The van der Waals surface area contributed by atoms with Gasteiger partial charge in [-0.15, -0.1) is 10.2 Å². The summed E-state index contributed by atoms with van der Waals surface area (Å²) in [5.74, 6) is -0.184. The van der Waals surface area contributed by atoms with Gasteiger partial charge in [0.2, 0.25) is 0 Å². The van der Waals surface area contributed by atoms with Gasteiger partial charge in [-0.2, -0.15) is 0 Å². The Hall–Kier alpha value is -2.52. The average Bonchev–Trinajstić information content (AvgIpc) is 2.65. The van der Waals surface area contributed by atoms with Crippen molar-refractivity contribution in [1.82, 2.24) is 15.5 Å². The lowest BCUT2D eigenvalue weighted by molar-refractivity contribution is 0.160. The zero-order chi connectivity index (χ0) is 23.9. The normalized spacial score (nSPS) is 18.7. The molecule has 0 bridgehead atoms. The molecule has 1 aromatic heterocycles. The number of phenols is 1. The first-order valence-electron chi connectivity index (χ1n) is 10.4. The van der Waals surface area contributed by atoms with Crippen molar-refractivity contribution in [2.45, 2.75) is 57.7 Å². The first-order valence-corrected chi connectivity index (χ1v) is 12.4. The van der Waals surface area contributed by atoms with Crippen LogP contribution in [-0.4, -0.2) is 54.1 Å². The zero-order valence-corrected chi connectivity index (χ0v) is 20.2. The van der Waals surface area contributed by atoms with E-state index in [1.54, 1.807) is 12.1 Å². The number of anilines is 1. The Morgan fingerprint density at radius 1 is 1.16 bits per heavy atom. The van der Waals surface area contributed by atoms with E-state index >= 15 is 0 Å². The van der Waals surface area contributed by atoms with Gasteiger partial charge in [0.15, 0.2) is 15.7 Å². The van der Waals surface area contributed by atoms with Gasteiger partial charge in [-0.05, 0) is 70.9 Å². The van der Waals surface area contributed by atoms with Crippen LogP contribution in [0.25, 0.3) is 17.3 Å². The molecule has 174 valence electrons. The van der Waals surface area contributed by atoms with Gasteiger partial charge in [0, 0.05) is 47.0 Å². The number of piperidine rings is 1. The van der Waals surface area contributed by atoms with E-state index in [1.165, 1.54) is 6.07 Å². The van der Waals surface area contributed by atoms with Gasteiger partial charge in [-0.1, -0.05) is 0 Å². The summed E-state index contributed by atoms with van der Waals surface area (Å²) in [5.41, 5.74) is 0.458. The fourth-order valence-corrected chi connectivity index (χ4v) is 4.89. The number of aromatic nitrogens is 2. The molecular formula is C23H31FN4O3S. The zero-order valence-electron chi connectivity index (χ0n) is 19.3. The third kappa shape index (κ3) is 5.83. The molecule has 0 amide bonds. The van der Waals surface area contributed by atoms with E-state index in [4.69, 9.17) is 0 Å². The first kappa shape index (κ1) is 24.1. The Labute approximate surface area is 189 Å². The van der Waals surface area contributed by atoms with Gasteiger partial charge in [0.25, 0.3) is 0 Å². The van der Waals surface area contributed by atoms with Crippen molar-refractivity contribution in [2.24, 2.45) is 0 Å². The second kappa shape index (κ2) is 8.44. The smallest absolute Gasteiger partial charge is 0.168 e. The Bertz CT molecular complexity index is 1110. The van der Waals surface area contributed by atoms with Gasteiger partial charge in [0.1, 0.15) is 11.6 Å². The average molecular weight is 463 g/mol. The van der Waals surface area contributed by atoms with Crippen molar-refractivity contribution < 1.29 is 17.9 Å². The van der Waals surface area contributed by atoms with Crippen molar-refractivity contribution in [3.8, 4) is 17.0 Å². The van der Waals surface area contributed by atoms with Gasteiger partial charge >= 0.3 is 0 Å². The third-order valence-corrected chi connectivity index (χ3v) is 6.24. The summed E-state index contributed by atoms with van der Waals surface area (Å²) in [4.78, 5) is 2.11. The molecule has 1 aliphatic rings. The number of phenolic OH excluding ortho intramolecular Hbond substituents is 1. The van der Waals surface area contributed by atoms with E-state index in [1.807, 2.05) is 7.05 Å². The maximum Gasteiger partial charge on any atom is 0.168 e. The highest BCUT2D eigenvalue weighted by molar-refractivity contribution is 7.93. The quantitative estimate of drug-likeness (QED) is 0.699. The van der Waals surface area contributed by atoms with Gasteiger partial charge in [-0.25, -0.2) is 12.8 Å². The number of halogens is 1. The second-order valence-corrected chi connectivity index (χ2v) is 11.8. The molecule has 1 aromatic carbocycles. The van der Waals surface area contributed by atoms with E-state index in [0.717, 1.165) is 36.6 Å². The van der Waals surface area contributed by atoms with Crippen LogP contribution in [0.4, 0.5) is 10.2 Å². The maximum atomic E-state index is 14.5. The molecule has 7 nitrogen and oxygen atoms in total. The maximum absolute atomic E-state index is 14.5. The van der Waals surface area contributed by atoms with Crippen LogP contribution in [0.15, 0.2) is 29.7 Å². The van der Waals surface area contributed by atoms with Crippen molar-refractivity contribution in [3.05, 3.63) is 41.1 Å². The van der Waals surface area contributed by atoms with Gasteiger partial charge in [-0.3, -0.25) is 0 Å². The molecule has 1 saturated heterocycles. The van der Waals surface area contributed by atoms with Crippen LogP contribution in [0, 0.1) is 5.82 Å². The SMILES string of the molecule is CN(c1ccc(-c2cc(F)c(C=CS(C)(=O)=O)cc2O)nn1)C1CC(C)(C)NC(C)(C)C1. The molecule has 1 aliphatic heterocycles. The highest BCUT2D eigenvalue weighted by atomic mass is 32.2. The summed E-state index contributed by atoms with van der Waals surface area (Å²) in [6, 6.07) is 6.07. The number of nitrogens with one attached hydrogen (secondary N) is 1. The Morgan fingerprint density at radius 2 is 1.78 bits per heavy atom. The van der Waals surface area contributed by atoms with Crippen molar-refractivity contribution in [3.63, 3.8) is 0 Å². The predicted molar refractivity (Wildman–Crippen MR) is 126 cm³/mol. The highest BCUT2D eigenvalue weighted by Crippen LogP contribution is 2.34. The van der Waals surface area contributed by atoms with Gasteiger partial charge in [0.05, 0.1) is 5.69 Å². The van der Waals surface area contributed by atoms with E-state index < -0.39 is 15.7 Å². The minimum Gasteiger partial charge on any atom is -0.507 e. The Balaban J connectivity index is 1.84.